The molecule has 0 spiro atoms. The number of pyridine rings is 1. The molecule has 3 heterocycles. The molecule has 32 heavy (non-hydrogen) atoms. The fourth-order valence-electron chi connectivity index (χ4n) is 4.06. The van der Waals surface area contributed by atoms with Crippen molar-refractivity contribution in [2.75, 3.05) is 39.7 Å². The summed E-state index contributed by atoms with van der Waals surface area (Å²) < 4.78 is 19.5. The molecule has 0 saturated heterocycles. The molecule has 8 heteroatoms. The third kappa shape index (κ3) is 4.03. The first-order valence-electron chi connectivity index (χ1n) is 10.7. The highest BCUT2D eigenvalue weighted by atomic mass is 16.6. The molecule has 3 atom stereocenters. The van der Waals surface area contributed by atoms with Gasteiger partial charge in [-0.3, -0.25) is 0 Å². The van der Waals surface area contributed by atoms with Crippen LogP contribution >= 0.6 is 0 Å². The van der Waals surface area contributed by atoms with Crippen molar-refractivity contribution < 1.29 is 19.0 Å². The smallest absolute Gasteiger partial charge is 0.409 e. The van der Waals surface area contributed by atoms with E-state index in [1.165, 1.54) is 4.90 Å². The van der Waals surface area contributed by atoms with Gasteiger partial charge in [-0.15, -0.1) is 0 Å². The van der Waals surface area contributed by atoms with Gasteiger partial charge in [-0.05, 0) is 25.5 Å². The third-order valence-electron chi connectivity index (χ3n) is 5.88. The molecule has 0 saturated carbocycles. The Labute approximate surface area is 188 Å². The molecule has 0 bridgehead atoms. The molecule has 170 valence electrons. The zero-order valence-electron chi connectivity index (χ0n) is 19.2. The maximum Gasteiger partial charge on any atom is 0.409 e. The van der Waals surface area contributed by atoms with Crippen molar-refractivity contribution in [1.82, 2.24) is 14.3 Å². The van der Waals surface area contributed by atoms with Crippen LogP contribution in [0.25, 0.3) is 5.65 Å². The molecule has 1 aliphatic heterocycles. The fraction of sp³-hybridized carbons (Fsp3) is 0.417. The van der Waals surface area contributed by atoms with Crippen LogP contribution in [0.3, 0.4) is 0 Å². The molecular weight excluding hydrogens is 408 g/mol. The molecule has 8 nitrogen and oxygen atoms in total. The van der Waals surface area contributed by atoms with Crippen LogP contribution in [-0.4, -0.2) is 60.9 Å². The van der Waals surface area contributed by atoms with Crippen LogP contribution in [0.15, 0.2) is 42.6 Å². The lowest BCUT2D eigenvalue weighted by molar-refractivity contribution is -0.0724. The van der Waals surface area contributed by atoms with Crippen LogP contribution in [0.5, 0.6) is 0 Å². The highest BCUT2D eigenvalue weighted by Crippen LogP contribution is 2.44. The molecule has 1 aliphatic rings. The first kappa shape index (κ1) is 22.1. The summed E-state index contributed by atoms with van der Waals surface area (Å²) in [6.45, 7) is 4.86. The number of fused-ring (bicyclic) bond motifs is 3. The molecule has 0 aliphatic carbocycles. The van der Waals surface area contributed by atoms with Crippen LogP contribution in [0.1, 0.15) is 34.7 Å². The maximum atomic E-state index is 12.6. The van der Waals surface area contributed by atoms with Gasteiger partial charge < -0.3 is 28.8 Å². The summed E-state index contributed by atoms with van der Waals surface area (Å²) in [6.07, 6.45) is 0.495. The second-order valence-electron chi connectivity index (χ2n) is 8.18. The normalized spacial score (nSPS) is 20.0. The van der Waals surface area contributed by atoms with Crippen LogP contribution in [0, 0.1) is 13.8 Å². The molecular formula is C24H30N4O4. The average molecular weight is 439 g/mol. The molecule has 0 unspecified atom stereocenters. The molecule has 2 aromatic heterocycles. The lowest BCUT2D eigenvalue weighted by Gasteiger charge is -2.40. The first-order valence-corrected chi connectivity index (χ1v) is 10.7. The van der Waals surface area contributed by atoms with Gasteiger partial charge in [0.15, 0.2) is 11.8 Å². The second-order valence-corrected chi connectivity index (χ2v) is 8.18. The fourth-order valence-corrected chi connectivity index (χ4v) is 4.06. The van der Waals surface area contributed by atoms with Gasteiger partial charge in [0.2, 0.25) is 0 Å². The number of imidazole rings is 1. The minimum absolute atomic E-state index is 0.316. The number of rotatable bonds is 6. The highest BCUT2D eigenvalue weighted by Gasteiger charge is 2.42. The van der Waals surface area contributed by atoms with E-state index in [-0.39, 0.29) is 6.04 Å². The van der Waals surface area contributed by atoms with Gasteiger partial charge in [0.1, 0.15) is 6.10 Å². The number of nitrogens with one attached hydrogen (secondary N) is 1. The van der Waals surface area contributed by atoms with Crippen molar-refractivity contribution in [2.24, 2.45) is 0 Å². The van der Waals surface area contributed by atoms with Gasteiger partial charge in [-0.1, -0.05) is 30.3 Å². The monoisotopic (exact) mass is 438 g/mol. The number of benzene rings is 1. The van der Waals surface area contributed by atoms with E-state index in [0.29, 0.717) is 13.2 Å². The summed E-state index contributed by atoms with van der Waals surface area (Å²) in [5, 5.41) is 3.62. The van der Waals surface area contributed by atoms with Crippen LogP contribution in [0.4, 0.5) is 10.5 Å². The number of amides is 1. The topological polar surface area (TPSA) is 77.3 Å². The van der Waals surface area contributed by atoms with E-state index < -0.39 is 18.3 Å². The third-order valence-corrected chi connectivity index (χ3v) is 5.88. The summed E-state index contributed by atoms with van der Waals surface area (Å²) in [5.74, 6) is 0. The summed E-state index contributed by atoms with van der Waals surface area (Å²) >= 11 is 0. The minimum atomic E-state index is -0.587. The van der Waals surface area contributed by atoms with Gasteiger partial charge in [0, 0.05) is 38.7 Å². The number of carbonyl (C=O) groups is 1. The minimum Gasteiger partial charge on any atom is -0.440 e. The predicted molar refractivity (Wildman–Crippen MR) is 122 cm³/mol. The molecule has 1 N–H and O–H groups in total. The lowest BCUT2D eigenvalue weighted by Crippen LogP contribution is -2.43. The maximum absolute atomic E-state index is 12.6. The number of hydrogen-bond donors (Lipinski definition) is 1. The second kappa shape index (κ2) is 9.18. The molecule has 1 aromatic carbocycles. The van der Waals surface area contributed by atoms with Crippen LogP contribution in [-0.2, 0) is 14.2 Å². The molecule has 0 fully saturated rings. The molecule has 3 aromatic rings. The number of anilines is 1. The largest absolute Gasteiger partial charge is 0.440 e. The highest BCUT2D eigenvalue weighted by molar-refractivity contribution is 5.76. The van der Waals surface area contributed by atoms with Crippen molar-refractivity contribution in [3.8, 4) is 0 Å². The Kier molecular flexibility index (Phi) is 6.34. The van der Waals surface area contributed by atoms with E-state index in [2.05, 4.69) is 9.72 Å². The van der Waals surface area contributed by atoms with Gasteiger partial charge in [-0.2, -0.15) is 0 Å². The number of hydrogen-bond acceptors (Lipinski definition) is 6. The Bertz CT molecular complexity index is 1100. The summed E-state index contributed by atoms with van der Waals surface area (Å²) in [4.78, 5) is 18.8. The van der Waals surface area contributed by atoms with Crippen molar-refractivity contribution in [3.63, 3.8) is 0 Å². The standard InChI is InChI=1S/C24H30N4O4/c1-15-16(2)28-12-11-18-20(23(28)25-15)26-19(17-9-7-6-8-10-17)22(32-24(29)27(3)4)21(18)31-14-13-30-5/h6-12,19,21-22,26H,13-14H2,1-5H3/t19-,21-,22-/m1/s1. The Balaban J connectivity index is 1.86. The average Bonchev–Trinajstić information content (AvgIpc) is 3.09. The van der Waals surface area contributed by atoms with Crippen LogP contribution in [0.2, 0.25) is 0 Å². The number of methoxy groups -OCH3 is 1. The number of aromatic nitrogens is 2. The van der Waals surface area contributed by atoms with E-state index >= 15 is 0 Å². The molecule has 4 rings (SSSR count). The summed E-state index contributed by atoms with van der Waals surface area (Å²) in [7, 11) is 4.98. The SMILES string of the molecule is COCCO[C@@H]1c2ccn3c(C)c(C)nc3c2N[C@H](c2ccccc2)[C@H]1OC(=O)N(C)C. The number of nitrogens with zero attached hydrogens (tertiary/aromatic N) is 3. The van der Waals surface area contributed by atoms with Gasteiger partial charge in [0.05, 0.1) is 30.6 Å². The predicted octanol–water partition coefficient (Wildman–Crippen LogP) is 3.89. The Morgan fingerprint density at radius 3 is 2.59 bits per heavy atom. The van der Waals surface area contributed by atoms with Gasteiger partial charge >= 0.3 is 6.09 Å². The molecule has 0 radical (unpaired) electrons. The quantitative estimate of drug-likeness (QED) is 0.589. The number of carbonyl (C=O) groups excluding carboxylic acids is 1. The van der Waals surface area contributed by atoms with Crippen molar-refractivity contribution in [3.05, 3.63) is 65.1 Å². The van der Waals surface area contributed by atoms with E-state index in [1.54, 1.807) is 21.2 Å². The van der Waals surface area contributed by atoms with Crippen LogP contribution < -0.4 is 5.32 Å². The van der Waals surface area contributed by atoms with E-state index in [4.69, 9.17) is 19.2 Å². The number of aryl methyl sites for hydroxylation is 2. The lowest BCUT2D eigenvalue weighted by atomic mass is 9.88. The first-order chi connectivity index (χ1) is 15.4. The Hall–Kier alpha value is -3.10. The van der Waals surface area contributed by atoms with E-state index in [1.807, 2.05) is 56.4 Å². The van der Waals surface area contributed by atoms with Crippen molar-refractivity contribution >= 4 is 17.4 Å². The van der Waals surface area contributed by atoms with Gasteiger partial charge in [0.25, 0.3) is 0 Å². The van der Waals surface area contributed by atoms with Crippen molar-refractivity contribution in [1.29, 1.82) is 0 Å². The molecule has 1 amide bonds. The summed E-state index contributed by atoms with van der Waals surface area (Å²) in [6, 6.07) is 11.7. The Morgan fingerprint density at radius 2 is 1.91 bits per heavy atom. The van der Waals surface area contributed by atoms with Gasteiger partial charge in [-0.25, -0.2) is 9.78 Å². The van der Waals surface area contributed by atoms with E-state index in [0.717, 1.165) is 33.8 Å². The zero-order valence-corrected chi connectivity index (χ0v) is 19.2. The zero-order chi connectivity index (χ0) is 22.8. The Morgan fingerprint density at radius 1 is 1.16 bits per heavy atom. The van der Waals surface area contributed by atoms with E-state index in [9.17, 15) is 4.79 Å². The summed E-state index contributed by atoms with van der Waals surface area (Å²) in [5.41, 5.74) is 5.67. The number of ether oxygens (including phenoxy) is 3. The van der Waals surface area contributed by atoms with Crippen molar-refractivity contribution in [2.45, 2.75) is 32.1 Å².